The predicted molar refractivity (Wildman–Crippen MR) is 116 cm³/mol. The van der Waals surface area contributed by atoms with Crippen molar-refractivity contribution in [2.75, 3.05) is 7.05 Å². The molecule has 0 aromatic heterocycles. The number of amides is 1. The van der Waals surface area contributed by atoms with Crippen LogP contribution in [-0.4, -0.2) is 35.7 Å². The summed E-state index contributed by atoms with van der Waals surface area (Å²) in [4.78, 5) is 26.5. The van der Waals surface area contributed by atoms with Crippen LogP contribution in [0, 0.1) is 0 Å². The van der Waals surface area contributed by atoms with Crippen molar-refractivity contribution >= 4 is 35.1 Å². The molecule has 0 bridgehead atoms. The van der Waals surface area contributed by atoms with Crippen LogP contribution in [0.3, 0.4) is 0 Å². The largest absolute Gasteiger partial charge is 0.445 e. The Morgan fingerprint density at radius 3 is 1.83 bits per heavy atom. The summed E-state index contributed by atoms with van der Waals surface area (Å²) < 4.78 is 10.5. The van der Waals surface area contributed by atoms with Gasteiger partial charge in [0.1, 0.15) is 0 Å². The van der Waals surface area contributed by atoms with E-state index >= 15 is 0 Å². The van der Waals surface area contributed by atoms with Gasteiger partial charge in [0.15, 0.2) is 0 Å². The van der Waals surface area contributed by atoms with E-state index in [1.807, 2.05) is 48.5 Å². The first-order valence-corrected chi connectivity index (χ1v) is 10.3. The van der Waals surface area contributed by atoms with E-state index in [2.05, 4.69) is 0 Å². The van der Waals surface area contributed by atoms with Crippen LogP contribution in [0.2, 0.25) is 10.0 Å². The Balaban J connectivity index is 1.82. The van der Waals surface area contributed by atoms with Gasteiger partial charge in [-0.15, -0.1) is 0 Å². The lowest BCUT2D eigenvalue weighted by Crippen LogP contribution is -2.39. The van der Waals surface area contributed by atoms with Crippen molar-refractivity contribution in [1.29, 1.82) is 0 Å². The standard InChI is InChI=1S/C23H23Cl2NO4/c1-23(2)29-20(22(28)30-23)14-21(27)26(3)19(12-15-4-8-17(24)9-5-15)13-16-6-10-18(25)11-7-16/h4-11,14,19H,12-13H2,1-3H3/b20-14-. The third kappa shape index (κ3) is 5.77. The molecule has 0 aliphatic carbocycles. The van der Waals surface area contributed by atoms with Gasteiger partial charge in [-0.25, -0.2) is 4.79 Å². The van der Waals surface area contributed by atoms with Gasteiger partial charge in [-0.2, -0.15) is 0 Å². The number of carbonyl (C=O) groups is 2. The number of esters is 1. The third-order valence-electron chi connectivity index (χ3n) is 4.81. The highest BCUT2D eigenvalue weighted by Crippen LogP contribution is 2.26. The second kappa shape index (κ2) is 9.11. The summed E-state index contributed by atoms with van der Waals surface area (Å²) in [5.74, 6) is -2.15. The molecule has 1 aliphatic heterocycles. The molecule has 30 heavy (non-hydrogen) atoms. The van der Waals surface area contributed by atoms with Gasteiger partial charge in [-0.1, -0.05) is 47.5 Å². The van der Waals surface area contributed by atoms with Crippen LogP contribution in [0.1, 0.15) is 25.0 Å². The fraction of sp³-hybridized carbons (Fsp3) is 0.304. The highest BCUT2D eigenvalue weighted by Gasteiger charge is 2.38. The summed E-state index contributed by atoms with van der Waals surface area (Å²) in [6.45, 7) is 3.23. The third-order valence-corrected chi connectivity index (χ3v) is 5.32. The molecular weight excluding hydrogens is 425 g/mol. The lowest BCUT2D eigenvalue weighted by atomic mass is 9.97. The van der Waals surface area contributed by atoms with Crippen molar-refractivity contribution < 1.29 is 19.1 Å². The monoisotopic (exact) mass is 447 g/mol. The van der Waals surface area contributed by atoms with Crippen LogP contribution >= 0.6 is 23.2 Å². The molecule has 0 unspecified atom stereocenters. The number of hydrogen-bond donors (Lipinski definition) is 0. The highest BCUT2D eigenvalue weighted by atomic mass is 35.5. The molecule has 3 rings (SSSR count). The molecule has 0 spiro atoms. The molecule has 2 aromatic rings. The van der Waals surface area contributed by atoms with E-state index in [1.54, 1.807) is 25.8 Å². The molecule has 7 heteroatoms. The molecule has 1 aliphatic rings. The maximum atomic E-state index is 12.9. The first-order chi connectivity index (χ1) is 14.1. The van der Waals surface area contributed by atoms with Crippen LogP contribution in [0.25, 0.3) is 0 Å². The number of likely N-dealkylation sites (N-methyl/N-ethyl adjacent to an activating group) is 1. The van der Waals surface area contributed by atoms with E-state index in [1.165, 1.54) is 6.08 Å². The van der Waals surface area contributed by atoms with Gasteiger partial charge >= 0.3 is 5.97 Å². The SMILES string of the molecule is CN(C(=O)/C=C1\OC(C)(C)OC1=O)C(Cc1ccc(Cl)cc1)Cc1ccc(Cl)cc1. The molecule has 158 valence electrons. The topological polar surface area (TPSA) is 55.8 Å². The van der Waals surface area contributed by atoms with Crippen LogP contribution < -0.4 is 0 Å². The van der Waals surface area contributed by atoms with Gasteiger partial charge in [0.05, 0.1) is 6.08 Å². The number of ether oxygens (including phenoxy) is 2. The van der Waals surface area contributed by atoms with Crippen LogP contribution in [0.5, 0.6) is 0 Å². The van der Waals surface area contributed by atoms with Gasteiger partial charge in [0.25, 0.3) is 5.91 Å². The second-order valence-corrected chi connectivity index (χ2v) is 8.54. The highest BCUT2D eigenvalue weighted by molar-refractivity contribution is 6.30. The maximum absolute atomic E-state index is 12.9. The Morgan fingerprint density at radius 2 is 1.43 bits per heavy atom. The molecule has 0 N–H and O–H groups in total. The molecule has 0 radical (unpaired) electrons. The molecule has 1 saturated heterocycles. The molecule has 1 amide bonds. The van der Waals surface area contributed by atoms with Crippen molar-refractivity contribution in [1.82, 2.24) is 4.90 Å². The summed E-state index contributed by atoms with van der Waals surface area (Å²) in [5.41, 5.74) is 2.09. The molecule has 2 aromatic carbocycles. The van der Waals surface area contributed by atoms with Crippen LogP contribution in [0.15, 0.2) is 60.4 Å². The van der Waals surface area contributed by atoms with E-state index < -0.39 is 11.8 Å². The zero-order chi connectivity index (χ0) is 21.9. The molecule has 1 heterocycles. The van der Waals surface area contributed by atoms with Gasteiger partial charge in [-0.05, 0) is 48.2 Å². The minimum absolute atomic E-state index is 0.0893. The summed E-state index contributed by atoms with van der Waals surface area (Å²) >= 11 is 12.0. The molecule has 5 nitrogen and oxygen atoms in total. The Kier molecular flexibility index (Phi) is 6.74. The van der Waals surface area contributed by atoms with Crippen molar-refractivity contribution in [3.63, 3.8) is 0 Å². The first kappa shape index (κ1) is 22.2. The number of hydrogen-bond acceptors (Lipinski definition) is 4. The van der Waals surface area contributed by atoms with E-state index in [0.717, 1.165) is 11.1 Å². The van der Waals surface area contributed by atoms with Gasteiger partial charge in [0, 0.05) is 37.0 Å². The van der Waals surface area contributed by atoms with Crippen molar-refractivity contribution in [3.8, 4) is 0 Å². The minimum Gasteiger partial charge on any atom is -0.445 e. The van der Waals surface area contributed by atoms with Crippen LogP contribution in [-0.2, 0) is 31.9 Å². The van der Waals surface area contributed by atoms with E-state index in [4.69, 9.17) is 32.7 Å². The number of benzene rings is 2. The number of rotatable bonds is 6. The van der Waals surface area contributed by atoms with Gasteiger partial charge < -0.3 is 14.4 Å². The predicted octanol–water partition coefficient (Wildman–Crippen LogP) is 4.80. The lowest BCUT2D eigenvalue weighted by Gasteiger charge is -2.28. The quantitative estimate of drug-likeness (QED) is 0.471. The number of carbonyl (C=O) groups excluding carboxylic acids is 2. The zero-order valence-corrected chi connectivity index (χ0v) is 18.5. The normalized spacial score (nSPS) is 16.5. The number of halogens is 2. The van der Waals surface area contributed by atoms with Gasteiger partial charge in [0.2, 0.25) is 11.5 Å². The summed E-state index contributed by atoms with van der Waals surface area (Å²) in [6.07, 6.45) is 2.41. The Morgan fingerprint density at radius 1 is 0.967 bits per heavy atom. The van der Waals surface area contributed by atoms with Crippen LogP contribution in [0.4, 0.5) is 0 Å². The number of nitrogens with zero attached hydrogens (tertiary/aromatic N) is 1. The lowest BCUT2D eigenvalue weighted by molar-refractivity contribution is -0.159. The van der Waals surface area contributed by atoms with Crippen molar-refractivity contribution in [2.24, 2.45) is 0 Å². The van der Waals surface area contributed by atoms with E-state index in [0.29, 0.717) is 22.9 Å². The Labute approximate surface area is 186 Å². The first-order valence-electron chi connectivity index (χ1n) is 9.53. The van der Waals surface area contributed by atoms with Gasteiger partial charge in [-0.3, -0.25) is 4.79 Å². The zero-order valence-electron chi connectivity index (χ0n) is 17.0. The molecule has 0 saturated carbocycles. The smallest absolute Gasteiger partial charge is 0.377 e. The Hall–Kier alpha value is -2.50. The molecule has 1 fully saturated rings. The summed E-state index contributed by atoms with van der Waals surface area (Å²) in [5, 5.41) is 1.31. The summed E-state index contributed by atoms with van der Waals surface area (Å²) in [6, 6.07) is 14.9. The average molecular weight is 448 g/mol. The summed E-state index contributed by atoms with van der Waals surface area (Å²) in [7, 11) is 1.71. The average Bonchev–Trinajstić information content (AvgIpc) is 2.95. The second-order valence-electron chi connectivity index (χ2n) is 7.66. The van der Waals surface area contributed by atoms with E-state index in [-0.39, 0.29) is 17.7 Å². The van der Waals surface area contributed by atoms with Crippen molar-refractivity contribution in [2.45, 2.75) is 38.5 Å². The number of cyclic esters (lactones) is 1. The van der Waals surface area contributed by atoms with E-state index in [9.17, 15) is 9.59 Å². The Bertz CT molecular complexity index is 905. The molecular formula is C23H23Cl2NO4. The maximum Gasteiger partial charge on any atom is 0.377 e. The minimum atomic E-state index is -1.08. The van der Waals surface area contributed by atoms with Crippen molar-refractivity contribution in [3.05, 3.63) is 81.5 Å². The fourth-order valence-corrected chi connectivity index (χ4v) is 3.47. The fourth-order valence-electron chi connectivity index (χ4n) is 3.21. The molecule has 0 atom stereocenters.